The van der Waals surface area contributed by atoms with Crippen molar-refractivity contribution in [2.24, 2.45) is 0 Å². The van der Waals surface area contributed by atoms with Gasteiger partial charge in [-0.05, 0) is 49.6 Å². The molecule has 1 amide bonds. The molecule has 0 atom stereocenters. The molecule has 4 heteroatoms. The van der Waals surface area contributed by atoms with Gasteiger partial charge in [0, 0.05) is 16.5 Å². The smallest absolute Gasteiger partial charge is 0.251 e. The van der Waals surface area contributed by atoms with E-state index in [9.17, 15) is 4.79 Å². The number of carbonyl (C=O) groups excluding carboxylic acids is 1. The van der Waals surface area contributed by atoms with Gasteiger partial charge in [-0.3, -0.25) is 4.79 Å². The SMILES string of the molecule is Cc1ccc(C(=O)NCc2csc(-c3ccccc3C)n2)cc1C. The Morgan fingerprint density at radius 1 is 1.04 bits per heavy atom. The Balaban J connectivity index is 1.68. The molecular formula is C20H20N2OS. The summed E-state index contributed by atoms with van der Waals surface area (Å²) in [7, 11) is 0. The topological polar surface area (TPSA) is 42.0 Å². The highest BCUT2D eigenvalue weighted by Gasteiger charge is 2.10. The number of hydrogen-bond donors (Lipinski definition) is 1. The van der Waals surface area contributed by atoms with E-state index < -0.39 is 0 Å². The van der Waals surface area contributed by atoms with Crippen LogP contribution in [0.3, 0.4) is 0 Å². The van der Waals surface area contributed by atoms with Gasteiger partial charge in [0.05, 0.1) is 12.2 Å². The van der Waals surface area contributed by atoms with Crippen LogP contribution in [0.1, 0.15) is 32.7 Å². The molecule has 0 saturated carbocycles. The van der Waals surface area contributed by atoms with Gasteiger partial charge in [0.25, 0.3) is 5.91 Å². The molecule has 0 radical (unpaired) electrons. The van der Waals surface area contributed by atoms with Crippen molar-refractivity contribution in [1.82, 2.24) is 10.3 Å². The Labute approximate surface area is 146 Å². The van der Waals surface area contributed by atoms with E-state index in [4.69, 9.17) is 0 Å². The first kappa shape index (κ1) is 16.4. The zero-order valence-corrected chi connectivity index (χ0v) is 14.9. The molecule has 3 nitrogen and oxygen atoms in total. The first-order valence-corrected chi connectivity index (χ1v) is 8.78. The Kier molecular flexibility index (Phi) is 4.76. The predicted octanol–water partition coefficient (Wildman–Crippen LogP) is 4.67. The summed E-state index contributed by atoms with van der Waals surface area (Å²) in [5.74, 6) is -0.0662. The number of amides is 1. The van der Waals surface area contributed by atoms with E-state index in [1.807, 2.05) is 49.6 Å². The fraction of sp³-hybridized carbons (Fsp3) is 0.200. The Hall–Kier alpha value is -2.46. The van der Waals surface area contributed by atoms with Gasteiger partial charge in [-0.25, -0.2) is 4.98 Å². The van der Waals surface area contributed by atoms with Crippen LogP contribution in [0.4, 0.5) is 0 Å². The minimum Gasteiger partial charge on any atom is -0.346 e. The van der Waals surface area contributed by atoms with E-state index in [1.165, 1.54) is 11.1 Å². The maximum Gasteiger partial charge on any atom is 0.251 e. The van der Waals surface area contributed by atoms with Gasteiger partial charge in [-0.2, -0.15) is 0 Å². The molecular weight excluding hydrogens is 316 g/mol. The summed E-state index contributed by atoms with van der Waals surface area (Å²) >= 11 is 1.61. The summed E-state index contributed by atoms with van der Waals surface area (Å²) in [6, 6.07) is 14.0. The van der Waals surface area contributed by atoms with Crippen LogP contribution >= 0.6 is 11.3 Å². The molecule has 0 fully saturated rings. The van der Waals surface area contributed by atoms with Crippen molar-refractivity contribution in [1.29, 1.82) is 0 Å². The molecule has 0 aliphatic rings. The van der Waals surface area contributed by atoms with Gasteiger partial charge in [0.1, 0.15) is 5.01 Å². The number of carbonyl (C=O) groups is 1. The number of nitrogens with one attached hydrogen (secondary N) is 1. The lowest BCUT2D eigenvalue weighted by atomic mass is 10.1. The van der Waals surface area contributed by atoms with Crippen LogP contribution in [0.15, 0.2) is 47.8 Å². The van der Waals surface area contributed by atoms with Crippen molar-refractivity contribution in [3.05, 3.63) is 75.8 Å². The minimum atomic E-state index is -0.0662. The zero-order chi connectivity index (χ0) is 17.1. The number of aryl methyl sites for hydroxylation is 3. The number of aromatic nitrogens is 1. The highest BCUT2D eigenvalue weighted by atomic mass is 32.1. The summed E-state index contributed by atoms with van der Waals surface area (Å²) in [5.41, 5.74) is 6.24. The molecule has 0 saturated heterocycles. The Bertz CT molecular complexity index is 883. The minimum absolute atomic E-state index is 0.0662. The van der Waals surface area contributed by atoms with Crippen molar-refractivity contribution >= 4 is 17.2 Å². The predicted molar refractivity (Wildman–Crippen MR) is 99.4 cm³/mol. The lowest BCUT2D eigenvalue weighted by Crippen LogP contribution is -2.23. The summed E-state index contributed by atoms with van der Waals surface area (Å²) in [6.07, 6.45) is 0. The maximum absolute atomic E-state index is 12.3. The third kappa shape index (κ3) is 3.54. The van der Waals surface area contributed by atoms with Crippen LogP contribution in [-0.2, 0) is 6.54 Å². The van der Waals surface area contributed by atoms with Crippen LogP contribution in [0.25, 0.3) is 10.6 Å². The number of thiazole rings is 1. The van der Waals surface area contributed by atoms with Crippen LogP contribution in [0, 0.1) is 20.8 Å². The molecule has 1 N–H and O–H groups in total. The number of benzene rings is 2. The highest BCUT2D eigenvalue weighted by Crippen LogP contribution is 2.26. The third-order valence-corrected chi connectivity index (χ3v) is 5.05. The van der Waals surface area contributed by atoms with Gasteiger partial charge in [-0.1, -0.05) is 30.3 Å². The summed E-state index contributed by atoms with van der Waals surface area (Å²) in [4.78, 5) is 16.9. The fourth-order valence-corrected chi connectivity index (χ4v) is 3.39. The lowest BCUT2D eigenvalue weighted by Gasteiger charge is -2.06. The number of nitrogens with zero attached hydrogens (tertiary/aromatic N) is 1. The van der Waals surface area contributed by atoms with E-state index >= 15 is 0 Å². The quantitative estimate of drug-likeness (QED) is 0.752. The summed E-state index contributed by atoms with van der Waals surface area (Å²) in [6.45, 7) is 6.58. The van der Waals surface area contributed by atoms with Gasteiger partial charge < -0.3 is 5.32 Å². The lowest BCUT2D eigenvalue weighted by molar-refractivity contribution is 0.0950. The normalized spacial score (nSPS) is 10.6. The molecule has 24 heavy (non-hydrogen) atoms. The van der Waals surface area contributed by atoms with E-state index in [-0.39, 0.29) is 5.91 Å². The molecule has 3 aromatic rings. The van der Waals surface area contributed by atoms with Crippen LogP contribution in [0.5, 0.6) is 0 Å². The average Bonchev–Trinajstić information content (AvgIpc) is 3.04. The second-order valence-corrected chi connectivity index (χ2v) is 6.80. The van der Waals surface area contributed by atoms with Crippen molar-refractivity contribution in [3.8, 4) is 10.6 Å². The van der Waals surface area contributed by atoms with Gasteiger partial charge in [0.15, 0.2) is 0 Å². The highest BCUT2D eigenvalue weighted by molar-refractivity contribution is 7.13. The number of hydrogen-bond acceptors (Lipinski definition) is 3. The Morgan fingerprint density at radius 3 is 2.58 bits per heavy atom. The molecule has 0 unspecified atom stereocenters. The zero-order valence-electron chi connectivity index (χ0n) is 14.1. The van der Waals surface area contributed by atoms with Gasteiger partial charge >= 0.3 is 0 Å². The largest absolute Gasteiger partial charge is 0.346 e. The average molecular weight is 336 g/mol. The molecule has 0 spiro atoms. The molecule has 0 bridgehead atoms. The molecule has 2 aromatic carbocycles. The molecule has 0 aliphatic carbocycles. The number of rotatable bonds is 4. The van der Waals surface area contributed by atoms with Gasteiger partial charge in [-0.15, -0.1) is 11.3 Å². The third-order valence-electron chi connectivity index (χ3n) is 4.13. The molecule has 1 aromatic heterocycles. The van der Waals surface area contributed by atoms with Crippen LogP contribution < -0.4 is 5.32 Å². The second kappa shape index (κ2) is 6.97. The monoisotopic (exact) mass is 336 g/mol. The molecule has 3 rings (SSSR count). The van der Waals surface area contributed by atoms with Crippen LogP contribution in [0.2, 0.25) is 0 Å². The first-order valence-electron chi connectivity index (χ1n) is 7.90. The fourth-order valence-electron chi connectivity index (χ4n) is 2.48. The maximum atomic E-state index is 12.3. The van der Waals surface area contributed by atoms with Gasteiger partial charge in [0.2, 0.25) is 0 Å². The molecule has 122 valence electrons. The Morgan fingerprint density at radius 2 is 1.83 bits per heavy atom. The van der Waals surface area contributed by atoms with Crippen molar-refractivity contribution in [3.63, 3.8) is 0 Å². The van der Waals surface area contributed by atoms with E-state index in [2.05, 4.69) is 29.4 Å². The van der Waals surface area contributed by atoms with E-state index in [1.54, 1.807) is 11.3 Å². The molecule has 1 heterocycles. The summed E-state index contributed by atoms with van der Waals surface area (Å²) in [5, 5.41) is 5.94. The van der Waals surface area contributed by atoms with Crippen molar-refractivity contribution in [2.75, 3.05) is 0 Å². The standard InChI is InChI=1S/C20H20N2OS/c1-13-8-9-16(10-15(13)3)19(23)21-11-17-12-24-20(22-17)18-7-5-4-6-14(18)2/h4-10,12H,11H2,1-3H3,(H,21,23). The second-order valence-electron chi connectivity index (χ2n) is 5.94. The van der Waals surface area contributed by atoms with E-state index in [0.29, 0.717) is 12.1 Å². The van der Waals surface area contributed by atoms with E-state index in [0.717, 1.165) is 21.8 Å². The van der Waals surface area contributed by atoms with Crippen molar-refractivity contribution < 1.29 is 4.79 Å². The first-order chi connectivity index (χ1) is 11.5. The summed E-state index contributed by atoms with van der Waals surface area (Å²) < 4.78 is 0. The van der Waals surface area contributed by atoms with Crippen molar-refractivity contribution in [2.45, 2.75) is 27.3 Å². The van der Waals surface area contributed by atoms with Crippen LogP contribution in [-0.4, -0.2) is 10.9 Å². The molecule has 0 aliphatic heterocycles.